The van der Waals surface area contributed by atoms with Crippen LogP contribution in [-0.2, 0) is 14.8 Å². The van der Waals surface area contributed by atoms with Crippen molar-refractivity contribution < 1.29 is 18.3 Å². The van der Waals surface area contributed by atoms with Gasteiger partial charge in [0, 0.05) is 27.8 Å². The van der Waals surface area contributed by atoms with Gasteiger partial charge in [-0.1, -0.05) is 44.0 Å². The highest BCUT2D eigenvalue weighted by Gasteiger charge is 2.43. The Kier molecular flexibility index (Phi) is 6.95. The predicted molar refractivity (Wildman–Crippen MR) is 143 cm³/mol. The number of carboxylic acids is 1. The highest BCUT2D eigenvalue weighted by molar-refractivity contribution is 7.93. The highest BCUT2D eigenvalue weighted by atomic mass is 35.5. The van der Waals surface area contributed by atoms with Crippen LogP contribution >= 0.6 is 23.2 Å². The number of carbonyl (C=O) groups is 1. The second-order valence-corrected chi connectivity index (χ2v) is 12.1. The van der Waals surface area contributed by atoms with E-state index in [0.29, 0.717) is 22.3 Å². The molecule has 11 heteroatoms. The number of anilines is 1. The van der Waals surface area contributed by atoms with Crippen LogP contribution in [0.3, 0.4) is 0 Å². The molecule has 0 bridgehead atoms. The summed E-state index contributed by atoms with van der Waals surface area (Å²) in [5, 5.41) is 20.3. The van der Waals surface area contributed by atoms with Gasteiger partial charge in [-0.3, -0.25) is 4.31 Å². The molecule has 0 saturated heterocycles. The lowest BCUT2D eigenvalue weighted by atomic mass is 9.86. The van der Waals surface area contributed by atoms with E-state index in [2.05, 4.69) is 11.1 Å². The molecule has 1 unspecified atom stereocenters. The number of fused-ring (bicyclic) bond motifs is 1. The highest BCUT2D eigenvalue weighted by Crippen LogP contribution is 2.37. The maximum absolute atomic E-state index is 14.0. The topological polar surface area (TPSA) is 116 Å². The van der Waals surface area contributed by atoms with E-state index in [9.17, 15) is 23.6 Å². The predicted octanol–water partition coefficient (Wildman–Crippen LogP) is 5.90. The van der Waals surface area contributed by atoms with Crippen LogP contribution in [0, 0.1) is 16.7 Å². The Morgan fingerprint density at radius 3 is 2.35 bits per heavy atom. The fraction of sp³-hybridized carbons (Fsp3) is 0.192. The van der Waals surface area contributed by atoms with Crippen LogP contribution in [0.1, 0.15) is 26.3 Å². The maximum Gasteiger partial charge on any atom is 0.328 e. The summed E-state index contributed by atoms with van der Waals surface area (Å²) in [5.74, 6) is -0.794. The van der Waals surface area contributed by atoms with Crippen LogP contribution in [0.15, 0.2) is 71.9 Å². The number of nitrogens with zero attached hydrogens (tertiary/aromatic N) is 4. The molecule has 4 aromatic rings. The van der Waals surface area contributed by atoms with Gasteiger partial charge in [0.05, 0.1) is 27.7 Å². The van der Waals surface area contributed by atoms with Crippen LogP contribution in [-0.4, -0.2) is 35.1 Å². The molecule has 0 aliphatic heterocycles. The normalized spacial score (nSPS) is 12.8. The Hall–Kier alpha value is -3.58. The molecule has 2 heterocycles. The molecular weight excluding hydrogens is 535 g/mol. The molecule has 2 aromatic heterocycles. The molecule has 8 nitrogen and oxygen atoms in total. The number of rotatable bonds is 6. The molecule has 0 aliphatic rings. The van der Waals surface area contributed by atoms with Crippen LogP contribution in [0.5, 0.6) is 0 Å². The smallest absolute Gasteiger partial charge is 0.328 e. The monoisotopic (exact) mass is 556 g/mol. The Morgan fingerprint density at radius 1 is 1.08 bits per heavy atom. The van der Waals surface area contributed by atoms with Gasteiger partial charge >= 0.3 is 5.97 Å². The van der Waals surface area contributed by atoms with Crippen molar-refractivity contribution in [3.63, 3.8) is 0 Å². The summed E-state index contributed by atoms with van der Waals surface area (Å²) in [6.45, 7) is 4.96. The minimum atomic E-state index is -4.42. The van der Waals surface area contributed by atoms with Crippen LogP contribution in [0.25, 0.3) is 16.7 Å². The van der Waals surface area contributed by atoms with Crippen molar-refractivity contribution in [1.82, 2.24) is 9.55 Å². The average molecular weight is 557 g/mol. The summed E-state index contributed by atoms with van der Waals surface area (Å²) >= 11 is 12.2. The Labute approximate surface area is 224 Å². The molecule has 0 radical (unpaired) electrons. The van der Waals surface area contributed by atoms with Crippen molar-refractivity contribution in [3.05, 3.63) is 82.6 Å². The summed E-state index contributed by atoms with van der Waals surface area (Å²) in [5.41, 5.74) is 0.305. The van der Waals surface area contributed by atoms with E-state index in [1.54, 1.807) is 67.9 Å². The van der Waals surface area contributed by atoms with E-state index in [4.69, 9.17) is 23.2 Å². The number of aliphatic carboxylic acids is 1. The molecule has 1 atom stereocenters. The minimum absolute atomic E-state index is 0.105. The molecule has 0 fully saturated rings. The number of halogens is 2. The summed E-state index contributed by atoms with van der Waals surface area (Å²) in [6.07, 6.45) is 3.27. The van der Waals surface area contributed by atoms with Crippen molar-refractivity contribution in [3.8, 4) is 11.9 Å². The van der Waals surface area contributed by atoms with Gasteiger partial charge in [-0.25, -0.2) is 18.2 Å². The maximum atomic E-state index is 14.0. The van der Waals surface area contributed by atoms with E-state index in [1.807, 2.05) is 0 Å². The molecule has 1 N–H and O–H groups in total. The molecule has 0 saturated carbocycles. The van der Waals surface area contributed by atoms with Crippen LogP contribution < -0.4 is 4.31 Å². The first-order chi connectivity index (χ1) is 17.3. The molecule has 190 valence electrons. The molecule has 4 rings (SSSR count). The second-order valence-electron chi connectivity index (χ2n) is 9.46. The second kappa shape index (κ2) is 9.71. The Morgan fingerprint density at radius 2 is 1.76 bits per heavy atom. The third-order valence-corrected chi connectivity index (χ3v) is 7.94. The number of nitriles is 1. The zero-order valence-corrected chi connectivity index (χ0v) is 22.4. The number of hydrogen-bond donors (Lipinski definition) is 1. The largest absolute Gasteiger partial charge is 0.480 e. The van der Waals surface area contributed by atoms with Crippen molar-refractivity contribution in [2.24, 2.45) is 5.41 Å². The third kappa shape index (κ3) is 5.14. The summed E-state index contributed by atoms with van der Waals surface area (Å²) in [7, 11) is -4.42. The van der Waals surface area contributed by atoms with Crippen LogP contribution in [0.2, 0.25) is 10.0 Å². The molecule has 0 amide bonds. The van der Waals surface area contributed by atoms with Crippen molar-refractivity contribution >= 4 is 55.8 Å². The van der Waals surface area contributed by atoms with Gasteiger partial charge in [-0.15, -0.1) is 0 Å². The van der Waals surface area contributed by atoms with E-state index in [-0.39, 0.29) is 20.6 Å². The van der Waals surface area contributed by atoms with E-state index in [1.165, 1.54) is 24.4 Å². The number of hydrogen-bond acceptors (Lipinski definition) is 5. The van der Waals surface area contributed by atoms with Gasteiger partial charge in [0.25, 0.3) is 10.0 Å². The van der Waals surface area contributed by atoms with E-state index in [0.717, 1.165) is 4.31 Å². The number of pyridine rings is 1. The Bertz CT molecular complexity index is 1650. The van der Waals surface area contributed by atoms with Gasteiger partial charge in [-0.2, -0.15) is 5.26 Å². The van der Waals surface area contributed by atoms with E-state index >= 15 is 0 Å². The standard InChI is InChI=1S/C26H22Cl2N4O4S/c1-26(2,3)24(25(33)34)32(37(35,36)21-13-18(27)12-19(28)14-21)20-4-5-22-17(11-20)7-9-31(22)23-10-16(15-29)6-8-30-23/h4-14,24H,1-3H3,(H,33,34). The molecular formula is C26H22Cl2N4O4S. The van der Waals surface area contributed by atoms with Gasteiger partial charge in [0.1, 0.15) is 11.9 Å². The average Bonchev–Trinajstić information content (AvgIpc) is 3.24. The summed E-state index contributed by atoms with van der Waals surface area (Å²) in [6, 6.07) is 14.3. The van der Waals surface area contributed by atoms with Gasteiger partial charge in [-0.05, 0) is 60.0 Å². The zero-order valence-electron chi connectivity index (χ0n) is 20.1. The minimum Gasteiger partial charge on any atom is -0.480 e. The lowest BCUT2D eigenvalue weighted by molar-refractivity contribution is -0.140. The SMILES string of the molecule is CC(C)(C)C(C(=O)O)N(c1ccc2c(ccn2-c2cc(C#N)ccn2)c1)S(=O)(=O)c1cc(Cl)cc(Cl)c1. The molecule has 0 aliphatic carbocycles. The first-order valence-electron chi connectivity index (χ1n) is 11.0. The van der Waals surface area contributed by atoms with E-state index < -0.39 is 27.4 Å². The van der Waals surface area contributed by atoms with Crippen molar-refractivity contribution in [2.45, 2.75) is 31.7 Å². The third-order valence-electron chi connectivity index (χ3n) is 5.73. The zero-order chi connectivity index (χ0) is 27.1. The Balaban J connectivity index is 1.93. The quantitative estimate of drug-likeness (QED) is 0.316. The van der Waals surface area contributed by atoms with Gasteiger partial charge in [0.15, 0.2) is 0 Å². The first kappa shape index (κ1) is 26.5. The number of aromatic nitrogens is 2. The van der Waals surface area contributed by atoms with Gasteiger partial charge in [0.2, 0.25) is 0 Å². The fourth-order valence-electron chi connectivity index (χ4n) is 4.13. The molecule has 0 spiro atoms. The van der Waals surface area contributed by atoms with Crippen molar-refractivity contribution in [1.29, 1.82) is 5.26 Å². The lowest BCUT2D eigenvalue weighted by Gasteiger charge is -2.37. The number of carboxylic acid groups (broad SMARTS) is 1. The fourth-order valence-corrected chi connectivity index (χ4v) is 6.64. The molecule has 2 aromatic carbocycles. The van der Waals surface area contributed by atoms with Crippen LogP contribution in [0.4, 0.5) is 5.69 Å². The number of benzene rings is 2. The first-order valence-corrected chi connectivity index (χ1v) is 13.2. The van der Waals surface area contributed by atoms with Crippen molar-refractivity contribution in [2.75, 3.05) is 4.31 Å². The molecule has 37 heavy (non-hydrogen) atoms. The summed E-state index contributed by atoms with van der Waals surface area (Å²) in [4.78, 5) is 16.6. The number of sulfonamides is 1. The van der Waals surface area contributed by atoms with Gasteiger partial charge < -0.3 is 9.67 Å². The lowest BCUT2D eigenvalue weighted by Crippen LogP contribution is -2.52. The summed E-state index contributed by atoms with van der Waals surface area (Å²) < 4.78 is 30.6.